The van der Waals surface area contributed by atoms with E-state index in [2.05, 4.69) is 31.3 Å². The quantitative estimate of drug-likeness (QED) is 0.141. The van der Waals surface area contributed by atoms with E-state index >= 15 is 0 Å². The monoisotopic (exact) mass is 668 g/mol. The number of nitrogens with zero attached hydrogens (tertiary/aromatic N) is 2. The van der Waals surface area contributed by atoms with E-state index in [1.165, 1.54) is 26.6 Å². The van der Waals surface area contributed by atoms with Gasteiger partial charge in [0, 0.05) is 35.7 Å². The Kier molecular flexibility index (Phi) is 11.3. The zero-order valence-corrected chi connectivity index (χ0v) is 27.1. The van der Waals surface area contributed by atoms with E-state index in [0.717, 1.165) is 0 Å². The molecule has 2 heterocycles. The number of aliphatic imine (C=N–C) groups is 2. The van der Waals surface area contributed by atoms with Gasteiger partial charge in [-0.05, 0) is 49.4 Å². The van der Waals surface area contributed by atoms with Gasteiger partial charge < -0.3 is 40.2 Å². The Morgan fingerprint density at radius 1 is 0.630 bits per heavy atom. The number of benzene rings is 2. The molecule has 0 spiro atoms. The van der Waals surface area contributed by atoms with Crippen molar-refractivity contribution in [2.24, 2.45) is 21.8 Å². The van der Waals surface area contributed by atoms with Gasteiger partial charge in [0.1, 0.15) is 34.4 Å². The molecular formula is C30H32N6O8S2. The van der Waals surface area contributed by atoms with Crippen molar-refractivity contribution in [3.8, 4) is 34.1 Å². The molecule has 14 nitrogen and oxygen atoms in total. The fraction of sp³-hybridized carbons (Fsp3) is 0.333. The molecule has 46 heavy (non-hydrogen) atoms. The molecule has 0 unspecified atom stereocenters. The van der Waals surface area contributed by atoms with E-state index < -0.39 is 35.5 Å². The van der Waals surface area contributed by atoms with E-state index in [9.17, 15) is 19.2 Å². The summed E-state index contributed by atoms with van der Waals surface area (Å²) < 4.78 is 23.5. The molecule has 4 rings (SSSR count). The van der Waals surface area contributed by atoms with E-state index in [1.54, 1.807) is 24.3 Å². The number of hydrogen-bond donors (Lipinski definition) is 4. The first-order valence-electron chi connectivity index (χ1n) is 14.2. The smallest absolute Gasteiger partial charge is 0.244 e. The lowest BCUT2D eigenvalue weighted by molar-refractivity contribution is -0.133. The first-order valence-corrected chi connectivity index (χ1v) is 15.0. The lowest BCUT2D eigenvalue weighted by atomic mass is 10.0. The Morgan fingerprint density at radius 3 is 1.28 bits per heavy atom. The van der Waals surface area contributed by atoms with E-state index in [-0.39, 0.29) is 10.2 Å². The molecule has 2 aliphatic heterocycles. The molecule has 0 saturated carbocycles. The summed E-state index contributed by atoms with van der Waals surface area (Å²) in [7, 11) is 2.96. The molecule has 2 fully saturated rings. The molecule has 242 valence electrons. The fourth-order valence-electron chi connectivity index (χ4n) is 4.35. The third-order valence-corrected chi connectivity index (χ3v) is 6.99. The lowest BCUT2D eigenvalue weighted by Crippen LogP contribution is -2.56. The normalized spacial score (nSPS) is 15.9. The summed E-state index contributed by atoms with van der Waals surface area (Å²) in [5.41, 5.74) is 1.74. The molecule has 4 amide bonds. The van der Waals surface area contributed by atoms with Crippen LogP contribution in [0.3, 0.4) is 0 Å². The van der Waals surface area contributed by atoms with Crippen molar-refractivity contribution in [2.45, 2.75) is 26.7 Å². The molecule has 0 atom stereocenters. The summed E-state index contributed by atoms with van der Waals surface area (Å²) in [5.74, 6) is -3.35. The molecule has 2 aromatic rings. The first kappa shape index (κ1) is 33.9. The van der Waals surface area contributed by atoms with Gasteiger partial charge in [-0.3, -0.25) is 29.2 Å². The molecular weight excluding hydrogens is 636 g/mol. The minimum absolute atomic E-state index is 0.0692. The highest BCUT2D eigenvalue weighted by Crippen LogP contribution is 2.47. The maximum Gasteiger partial charge on any atom is 0.244 e. The van der Waals surface area contributed by atoms with E-state index in [0.29, 0.717) is 71.6 Å². The maximum atomic E-state index is 12.4. The van der Waals surface area contributed by atoms with Gasteiger partial charge in [-0.2, -0.15) is 0 Å². The Morgan fingerprint density at radius 2 is 0.978 bits per heavy atom. The number of carbonyl (C=O) groups excluding carboxylic acids is 4. The first-order chi connectivity index (χ1) is 22.1. The summed E-state index contributed by atoms with van der Waals surface area (Å²) in [6.07, 6.45) is 3.82. The van der Waals surface area contributed by atoms with Crippen molar-refractivity contribution >= 4 is 82.1 Å². The number of rotatable bonds is 13. The molecule has 4 N–H and O–H groups in total. The van der Waals surface area contributed by atoms with Crippen LogP contribution in [-0.4, -0.2) is 73.7 Å². The largest absolute Gasteiger partial charge is 0.496 e. The van der Waals surface area contributed by atoms with Crippen LogP contribution < -0.4 is 40.2 Å². The minimum Gasteiger partial charge on any atom is -0.496 e. The average molecular weight is 669 g/mol. The van der Waals surface area contributed by atoms with Crippen LogP contribution in [0, 0.1) is 11.8 Å². The Labute approximate surface area is 275 Å². The van der Waals surface area contributed by atoms with Crippen molar-refractivity contribution in [1.82, 2.24) is 21.3 Å². The summed E-state index contributed by atoms with van der Waals surface area (Å²) >= 11 is 9.73. The Hall–Kier alpha value is -4.96. The Balaban J connectivity index is 1.79. The third-order valence-electron chi connectivity index (χ3n) is 6.58. The second-order valence-electron chi connectivity index (χ2n) is 9.86. The van der Waals surface area contributed by atoms with Crippen molar-refractivity contribution in [2.75, 3.05) is 27.4 Å². The fourth-order valence-corrected chi connectivity index (χ4v) is 4.76. The Bertz CT molecular complexity index is 1480. The lowest BCUT2D eigenvalue weighted by Gasteiger charge is -2.20. The van der Waals surface area contributed by atoms with Crippen molar-refractivity contribution in [3.05, 3.63) is 24.3 Å². The zero-order valence-electron chi connectivity index (χ0n) is 25.4. The molecule has 2 aliphatic rings. The summed E-state index contributed by atoms with van der Waals surface area (Å²) in [6.45, 7) is 4.61. The van der Waals surface area contributed by atoms with Crippen LogP contribution >= 0.6 is 24.4 Å². The summed E-state index contributed by atoms with van der Waals surface area (Å²) in [6, 6.07) is 6.65. The molecule has 16 heteroatoms. The molecule has 0 aromatic heterocycles. The van der Waals surface area contributed by atoms with Crippen LogP contribution in [0.1, 0.15) is 26.7 Å². The highest BCUT2D eigenvalue weighted by Gasteiger charge is 2.32. The maximum absolute atomic E-state index is 12.4. The predicted molar refractivity (Wildman–Crippen MR) is 178 cm³/mol. The van der Waals surface area contributed by atoms with Gasteiger partial charge in [0.05, 0.1) is 27.4 Å². The second kappa shape index (κ2) is 15.4. The van der Waals surface area contributed by atoms with Crippen LogP contribution in [0.15, 0.2) is 34.3 Å². The van der Waals surface area contributed by atoms with Gasteiger partial charge in [-0.1, -0.05) is 13.8 Å². The van der Waals surface area contributed by atoms with Crippen molar-refractivity contribution < 1.29 is 38.1 Å². The van der Waals surface area contributed by atoms with Gasteiger partial charge in [0.15, 0.2) is 22.1 Å². The van der Waals surface area contributed by atoms with Crippen LogP contribution in [0.4, 0.5) is 11.4 Å². The summed E-state index contributed by atoms with van der Waals surface area (Å²) in [5, 5.41) is 9.47. The average Bonchev–Trinajstić information content (AvgIpc) is 3.01. The van der Waals surface area contributed by atoms with Gasteiger partial charge >= 0.3 is 0 Å². The van der Waals surface area contributed by atoms with Crippen LogP contribution in [0.2, 0.25) is 0 Å². The topological polar surface area (TPSA) is 178 Å². The SMILES string of the molecule is CCCOc1cc(-c2cc(OCCC)c(N=CC3C(=O)NC(=S)NC3=O)cc2OC)c(OC)cc1N=CC1C(=O)NC(=S)NC1=O. The van der Waals surface area contributed by atoms with Crippen LogP contribution in [0.5, 0.6) is 23.0 Å². The highest BCUT2D eigenvalue weighted by atomic mass is 32.1. The number of amides is 4. The van der Waals surface area contributed by atoms with E-state index in [1.807, 2.05) is 13.8 Å². The van der Waals surface area contributed by atoms with Gasteiger partial charge in [-0.15, -0.1) is 0 Å². The second-order valence-corrected chi connectivity index (χ2v) is 10.7. The number of nitrogens with one attached hydrogen (secondary N) is 4. The van der Waals surface area contributed by atoms with E-state index in [4.69, 9.17) is 43.4 Å². The number of thiocarbonyl (C=S) groups is 2. The number of ether oxygens (including phenoxy) is 4. The standard InChI is InChI=1S/C30H32N6O8S2/c1-5-7-43-23-9-15(21(41-3)11-19(23)31-13-17-25(37)33-29(45)34-26(17)38)16-10-24(44-8-6-2)20(12-22(16)42-4)32-14-18-27(39)35-30(46)36-28(18)40/h9-14,17-18H,5-8H2,1-4H3,(H2,33,34,37,38,45)(H2,35,36,39,40,46). The molecule has 0 bridgehead atoms. The molecule has 0 radical (unpaired) electrons. The van der Waals surface area contributed by atoms with Gasteiger partial charge in [0.2, 0.25) is 23.6 Å². The number of carbonyl (C=O) groups is 4. The zero-order chi connectivity index (χ0) is 33.4. The predicted octanol–water partition coefficient (Wildman–Crippen LogP) is 2.65. The van der Waals surface area contributed by atoms with Gasteiger partial charge in [0.25, 0.3) is 0 Å². The van der Waals surface area contributed by atoms with Crippen molar-refractivity contribution in [1.29, 1.82) is 0 Å². The molecule has 0 aliphatic carbocycles. The highest BCUT2D eigenvalue weighted by molar-refractivity contribution is 7.80. The number of methoxy groups -OCH3 is 2. The van der Waals surface area contributed by atoms with Gasteiger partial charge in [-0.25, -0.2) is 0 Å². The van der Waals surface area contributed by atoms with Crippen LogP contribution in [0.25, 0.3) is 11.1 Å². The van der Waals surface area contributed by atoms with Crippen LogP contribution in [-0.2, 0) is 19.2 Å². The minimum atomic E-state index is -1.20. The molecule has 2 saturated heterocycles. The summed E-state index contributed by atoms with van der Waals surface area (Å²) in [4.78, 5) is 58.2. The number of hydrogen-bond acceptors (Lipinski definition) is 12. The van der Waals surface area contributed by atoms with Crippen molar-refractivity contribution in [3.63, 3.8) is 0 Å². The third kappa shape index (κ3) is 7.81. The molecule has 2 aromatic carbocycles.